The molecule has 1 N–H and O–H groups in total. The van der Waals surface area contributed by atoms with Gasteiger partial charge in [0.1, 0.15) is 35.5 Å². The molecule has 1 fully saturated rings. The number of para-hydroxylation sites is 1. The average Bonchev–Trinajstić information content (AvgIpc) is 2.84. The van der Waals surface area contributed by atoms with Crippen LogP contribution in [0.5, 0.6) is 5.75 Å². The molecule has 1 aliphatic rings. The number of carbonyl (C=O) groups is 3. The van der Waals surface area contributed by atoms with Gasteiger partial charge in [-0.1, -0.05) is 12.1 Å². The van der Waals surface area contributed by atoms with E-state index >= 15 is 0 Å². The van der Waals surface area contributed by atoms with Crippen LogP contribution in [0.3, 0.4) is 0 Å². The van der Waals surface area contributed by atoms with Gasteiger partial charge in [-0.2, -0.15) is 5.26 Å². The van der Waals surface area contributed by atoms with Crippen LogP contribution in [0.1, 0.15) is 45.8 Å². The molecule has 0 radical (unpaired) electrons. The van der Waals surface area contributed by atoms with E-state index in [1.807, 2.05) is 19.9 Å². The van der Waals surface area contributed by atoms with Gasteiger partial charge in [-0.05, 0) is 26.0 Å². The summed E-state index contributed by atoms with van der Waals surface area (Å²) >= 11 is 0. The number of hydrogen-bond acceptors (Lipinski definition) is 8. The van der Waals surface area contributed by atoms with Crippen molar-refractivity contribution < 1.29 is 23.9 Å². The first-order chi connectivity index (χ1) is 16.9. The molecule has 0 atom stereocenters. The van der Waals surface area contributed by atoms with Crippen molar-refractivity contribution in [1.82, 2.24) is 14.9 Å². The van der Waals surface area contributed by atoms with E-state index in [0.29, 0.717) is 41.7 Å². The third-order valence-electron chi connectivity index (χ3n) is 5.35. The molecule has 0 unspecified atom stereocenters. The number of benzene rings is 1. The van der Waals surface area contributed by atoms with Crippen molar-refractivity contribution in [2.75, 3.05) is 25.1 Å². The Hall–Kier alpha value is -4.36. The number of fused-ring (bicyclic) bond motifs is 1. The van der Waals surface area contributed by atoms with Crippen LogP contribution in [-0.4, -0.2) is 58.8 Å². The third kappa shape index (κ3) is 5.26. The van der Waals surface area contributed by atoms with Gasteiger partial charge < -0.3 is 19.7 Å². The highest BCUT2D eigenvalue weighted by molar-refractivity contribution is 6.12. The van der Waals surface area contributed by atoms with E-state index in [1.54, 1.807) is 29.2 Å². The zero-order valence-corrected chi connectivity index (χ0v) is 19.3. The monoisotopic (exact) mass is 473 g/mol. The van der Waals surface area contributed by atoms with E-state index in [2.05, 4.69) is 15.3 Å². The molecule has 0 saturated carbocycles. The molecule has 1 aromatic carbocycles. The Balaban J connectivity index is 1.64. The highest BCUT2D eigenvalue weighted by Crippen LogP contribution is 2.25. The van der Waals surface area contributed by atoms with E-state index in [9.17, 15) is 19.6 Å². The van der Waals surface area contributed by atoms with Gasteiger partial charge >= 0.3 is 0 Å². The van der Waals surface area contributed by atoms with Crippen molar-refractivity contribution in [1.29, 1.82) is 5.26 Å². The summed E-state index contributed by atoms with van der Waals surface area (Å²) in [7, 11) is 0. The van der Waals surface area contributed by atoms with Crippen LogP contribution in [0, 0.1) is 11.3 Å². The lowest BCUT2D eigenvalue weighted by atomic mass is 10.0. The number of aldehydes is 1. The Bertz CT molecular complexity index is 1350. The molecular weight excluding hydrogens is 450 g/mol. The molecule has 1 aliphatic heterocycles. The number of rotatable bonds is 7. The van der Waals surface area contributed by atoms with Crippen molar-refractivity contribution in [2.24, 2.45) is 0 Å². The fraction of sp³-hybridized carbons (Fsp3) is 0.280. The standard InChI is InChI=1S/C25H23N5O5/c1-15(2)35-21-9-22(27-11-18(21)10-26)29-25(33)19-5-3-4-16-8-17(20(13-31)28-24(16)19)12-30-6-7-34-14-23(30)32/h3-5,8-9,11,13,15H,6-7,12,14H2,1-2H3,(H,27,29,33). The maximum atomic E-state index is 13.1. The predicted octanol–water partition coefficient (Wildman–Crippen LogP) is 2.71. The summed E-state index contributed by atoms with van der Waals surface area (Å²) in [5.41, 5.74) is 1.59. The van der Waals surface area contributed by atoms with Gasteiger partial charge in [-0.25, -0.2) is 9.97 Å². The molecule has 3 aromatic rings. The van der Waals surface area contributed by atoms with Gasteiger partial charge in [0.15, 0.2) is 6.29 Å². The lowest BCUT2D eigenvalue weighted by Crippen LogP contribution is -2.41. The van der Waals surface area contributed by atoms with Crippen LogP contribution >= 0.6 is 0 Å². The van der Waals surface area contributed by atoms with Crippen LogP contribution in [0.15, 0.2) is 36.5 Å². The maximum absolute atomic E-state index is 13.1. The molecule has 178 valence electrons. The largest absolute Gasteiger partial charge is 0.489 e. The highest BCUT2D eigenvalue weighted by atomic mass is 16.5. The van der Waals surface area contributed by atoms with Gasteiger partial charge in [0.05, 0.1) is 30.0 Å². The molecular formula is C25H23N5O5. The number of ether oxygens (including phenoxy) is 2. The van der Waals surface area contributed by atoms with Gasteiger partial charge in [0.25, 0.3) is 5.91 Å². The van der Waals surface area contributed by atoms with Crippen molar-refractivity contribution in [3.05, 3.63) is 58.9 Å². The number of carbonyl (C=O) groups excluding carboxylic acids is 3. The molecule has 0 aliphatic carbocycles. The number of pyridine rings is 2. The normalized spacial score (nSPS) is 13.5. The first-order valence-corrected chi connectivity index (χ1v) is 11.0. The average molecular weight is 473 g/mol. The smallest absolute Gasteiger partial charge is 0.259 e. The van der Waals surface area contributed by atoms with Gasteiger partial charge in [0, 0.05) is 30.1 Å². The number of morpholine rings is 1. The topological polar surface area (TPSA) is 135 Å². The minimum absolute atomic E-state index is 0.00898. The number of nitrogens with one attached hydrogen (secondary N) is 1. The number of nitriles is 1. The van der Waals surface area contributed by atoms with Crippen LogP contribution in [0.2, 0.25) is 0 Å². The van der Waals surface area contributed by atoms with Crippen molar-refractivity contribution in [2.45, 2.75) is 26.5 Å². The molecule has 2 aromatic heterocycles. The number of anilines is 1. The molecule has 10 nitrogen and oxygen atoms in total. The Morgan fingerprint density at radius 2 is 2.20 bits per heavy atom. The minimum Gasteiger partial charge on any atom is -0.489 e. The second-order valence-corrected chi connectivity index (χ2v) is 8.19. The van der Waals surface area contributed by atoms with Crippen molar-refractivity contribution in [3.63, 3.8) is 0 Å². The summed E-state index contributed by atoms with van der Waals surface area (Å²) in [4.78, 5) is 47.2. The van der Waals surface area contributed by atoms with Crippen LogP contribution in [0.4, 0.5) is 5.82 Å². The summed E-state index contributed by atoms with van der Waals surface area (Å²) in [6, 6.07) is 10.4. The maximum Gasteiger partial charge on any atom is 0.259 e. The third-order valence-corrected chi connectivity index (χ3v) is 5.35. The van der Waals surface area contributed by atoms with Crippen molar-refractivity contribution >= 4 is 34.8 Å². The molecule has 0 bridgehead atoms. The summed E-state index contributed by atoms with van der Waals surface area (Å²) < 4.78 is 10.8. The summed E-state index contributed by atoms with van der Waals surface area (Å²) in [6.07, 6.45) is 1.78. The summed E-state index contributed by atoms with van der Waals surface area (Å²) in [6.45, 7) is 4.75. The van der Waals surface area contributed by atoms with Crippen LogP contribution < -0.4 is 10.1 Å². The lowest BCUT2D eigenvalue weighted by molar-refractivity contribution is -0.143. The molecule has 1 saturated heterocycles. The van der Waals surface area contributed by atoms with Crippen molar-refractivity contribution in [3.8, 4) is 11.8 Å². The first-order valence-electron chi connectivity index (χ1n) is 11.0. The Labute approximate surface area is 201 Å². The quantitative estimate of drug-likeness (QED) is 0.518. The fourth-order valence-corrected chi connectivity index (χ4v) is 3.72. The minimum atomic E-state index is -0.483. The SMILES string of the molecule is CC(C)Oc1cc(NC(=O)c2cccc3cc(CN4CCOCC4=O)c(C=O)nc23)ncc1C#N. The van der Waals surface area contributed by atoms with E-state index in [4.69, 9.17) is 9.47 Å². The lowest BCUT2D eigenvalue weighted by Gasteiger charge is -2.27. The highest BCUT2D eigenvalue weighted by Gasteiger charge is 2.21. The number of nitrogens with zero attached hydrogens (tertiary/aromatic N) is 4. The van der Waals surface area contributed by atoms with E-state index < -0.39 is 5.91 Å². The summed E-state index contributed by atoms with van der Waals surface area (Å²) in [5, 5.41) is 12.6. The molecule has 10 heteroatoms. The number of amides is 2. The Kier molecular flexibility index (Phi) is 6.98. The Morgan fingerprint density at radius 3 is 2.91 bits per heavy atom. The predicted molar refractivity (Wildman–Crippen MR) is 126 cm³/mol. The second-order valence-electron chi connectivity index (χ2n) is 8.19. The molecule has 0 spiro atoms. The van der Waals surface area contributed by atoms with Crippen LogP contribution in [-0.2, 0) is 16.1 Å². The van der Waals surface area contributed by atoms with E-state index in [0.717, 1.165) is 0 Å². The van der Waals surface area contributed by atoms with Gasteiger partial charge in [-0.15, -0.1) is 0 Å². The number of aromatic nitrogens is 2. The zero-order valence-electron chi connectivity index (χ0n) is 19.3. The molecule has 4 rings (SSSR count). The first kappa shape index (κ1) is 23.8. The van der Waals surface area contributed by atoms with E-state index in [-0.39, 0.29) is 47.8 Å². The molecule has 35 heavy (non-hydrogen) atoms. The second kappa shape index (κ2) is 10.3. The van der Waals surface area contributed by atoms with Gasteiger partial charge in [-0.3, -0.25) is 14.4 Å². The van der Waals surface area contributed by atoms with Crippen LogP contribution in [0.25, 0.3) is 10.9 Å². The van der Waals surface area contributed by atoms with E-state index in [1.165, 1.54) is 12.3 Å². The molecule has 2 amide bonds. The van der Waals surface area contributed by atoms with Gasteiger partial charge in [0.2, 0.25) is 5.91 Å². The Morgan fingerprint density at radius 1 is 1.37 bits per heavy atom. The number of hydrogen-bond donors (Lipinski definition) is 1. The zero-order chi connectivity index (χ0) is 24.9. The summed E-state index contributed by atoms with van der Waals surface area (Å²) in [5.74, 6) is -0.116. The molecule has 3 heterocycles. The fourth-order valence-electron chi connectivity index (χ4n) is 3.72.